The van der Waals surface area contributed by atoms with E-state index in [0.29, 0.717) is 0 Å². The van der Waals surface area contributed by atoms with Crippen LogP contribution in [0.4, 0.5) is 0 Å². The van der Waals surface area contributed by atoms with Gasteiger partial charge in [0.05, 0.1) is 0 Å². The van der Waals surface area contributed by atoms with Crippen LogP contribution in [0.3, 0.4) is 0 Å². The number of hydrogen-bond donors (Lipinski definition) is 0. The quantitative estimate of drug-likeness (QED) is 0.610. The van der Waals surface area contributed by atoms with Crippen LogP contribution >= 0.6 is 0 Å². The SMILES string of the molecule is CN1C=[C+]C([O-])(c2ccccc2)C=C1. The predicted molar refractivity (Wildman–Crippen MR) is 52.8 cm³/mol. The first-order chi connectivity index (χ1) is 6.71. The van der Waals surface area contributed by atoms with Crippen molar-refractivity contribution in [3.8, 4) is 0 Å². The van der Waals surface area contributed by atoms with E-state index in [1.54, 1.807) is 23.4 Å². The molecule has 1 heterocycles. The Hall–Kier alpha value is -1.63. The number of nitrogens with zero attached hydrogens (tertiary/aromatic N) is 1. The van der Waals surface area contributed by atoms with Gasteiger partial charge < -0.3 is 10.0 Å². The van der Waals surface area contributed by atoms with Crippen LogP contribution in [0.2, 0.25) is 0 Å². The average Bonchev–Trinajstić information content (AvgIpc) is 2.24. The maximum atomic E-state index is 12.2. The van der Waals surface area contributed by atoms with Crippen molar-refractivity contribution in [2.24, 2.45) is 0 Å². The summed E-state index contributed by atoms with van der Waals surface area (Å²) in [6.07, 6.45) is 7.86. The highest BCUT2D eigenvalue weighted by Crippen LogP contribution is 2.22. The lowest BCUT2D eigenvalue weighted by molar-refractivity contribution is -0.453. The molecular weight excluding hydrogens is 174 g/mol. The molecule has 0 saturated carbocycles. The molecule has 0 radical (unpaired) electrons. The molecule has 0 aromatic heterocycles. The third kappa shape index (κ3) is 1.53. The molecule has 0 bridgehead atoms. The van der Waals surface area contributed by atoms with Crippen LogP contribution in [-0.2, 0) is 5.60 Å². The van der Waals surface area contributed by atoms with Crippen molar-refractivity contribution in [3.63, 3.8) is 0 Å². The summed E-state index contributed by atoms with van der Waals surface area (Å²) in [5.74, 6) is 0. The normalized spacial score (nSPS) is 24.9. The van der Waals surface area contributed by atoms with E-state index in [1.165, 1.54) is 0 Å². The van der Waals surface area contributed by atoms with Gasteiger partial charge in [0.25, 0.3) is 0 Å². The molecule has 1 unspecified atom stereocenters. The molecule has 1 aliphatic heterocycles. The molecular formula is C12H11NO. The van der Waals surface area contributed by atoms with Crippen LogP contribution in [0.5, 0.6) is 0 Å². The zero-order valence-electron chi connectivity index (χ0n) is 7.97. The molecule has 0 amide bonds. The highest BCUT2D eigenvalue weighted by Gasteiger charge is 2.28. The van der Waals surface area contributed by atoms with Gasteiger partial charge in [0, 0.05) is 18.8 Å². The van der Waals surface area contributed by atoms with E-state index in [-0.39, 0.29) is 0 Å². The Bertz CT molecular complexity index is 353. The lowest BCUT2D eigenvalue weighted by Crippen LogP contribution is -2.39. The molecule has 0 spiro atoms. The third-order valence-electron chi connectivity index (χ3n) is 2.23. The molecule has 2 nitrogen and oxygen atoms in total. The van der Waals surface area contributed by atoms with E-state index in [2.05, 4.69) is 6.08 Å². The van der Waals surface area contributed by atoms with Crippen molar-refractivity contribution in [2.75, 3.05) is 7.05 Å². The molecule has 0 saturated heterocycles. The van der Waals surface area contributed by atoms with Crippen LogP contribution < -0.4 is 5.11 Å². The smallest absolute Gasteiger partial charge is 0.247 e. The van der Waals surface area contributed by atoms with E-state index in [9.17, 15) is 5.11 Å². The Morgan fingerprint density at radius 2 is 2.00 bits per heavy atom. The zero-order chi connectivity index (χ0) is 10.0. The van der Waals surface area contributed by atoms with Crippen molar-refractivity contribution in [1.82, 2.24) is 4.90 Å². The summed E-state index contributed by atoms with van der Waals surface area (Å²) < 4.78 is 0. The Labute approximate surface area is 83.8 Å². The second-order valence-electron chi connectivity index (χ2n) is 3.36. The number of benzene rings is 1. The van der Waals surface area contributed by atoms with Gasteiger partial charge in [-0.25, -0.2) is 0 Å². The highest BCUT2D eigenvalue weighted by atomic mass is 16.3. The monoisotopic (exact) mass is 185 g/mol. The molecule has 0 N–H and O–H groups in total. The fraction of sp³-hybridized carbons (Fsp3) is 0.167. The Morgan fingerprint density at radius 3 is 2.57 bits per heavy atom. The Kier molecular flexibility index (Phi) is 2.08. The molecule has 2 rings (SSSR count). The summed E-state index contributed by atoms with van der Waals surface area (Å²) in [4.78, 5) is 1.80. The molecule has 1 aromatic carbocycles. The Morgan fingerprint density at radius 1 is 1.29 bits per heavy atom. The summed E-state index contributed by atoms with van der Waals surface area (Å²) >= 11 is 0. The lowest BCUT2D eigenvalue weighted by Gasteiger charge is -2.25. The van der Waals surface area contributed by atoms with Crippen molar-refractivity contribution < 1.29 is 5.11 Å². The highest BCUT2D eigenvalue weighted by molar-refractivity contribution is 5.31. The first kappa shape index (κ1) is 8.95. The van der Waals surface area contributed by atoms with E-state index in [1.807, 2.05) is 37.4 Å². The van der Waals surface area contributed by atoms with Crippen LogP contribution in [0, 0.1) is 6.08 Å². The average molecular weight is 185 g/mol. The maximum Gasteiger partial charge on any atom is 0.247 e. The van der Waals surface area contributed by atoms with Gasteiger partial charge in [-0.15, -0.1) is 0 Å². The van der Waals surface area contributed by atoms with E-state index >= 15 is 0 Å². The minimum Gasteiger partial charge on any atom is -0.797 e. The lowest BCUT2D eigenvalue weighted by atomic mass is 9.92. The fourth-order valence-electron chi connectivity index (χ4n) is 1.38. The second kappa shape index (κ2) is 3.26. The van der Waals surface area contributed by atoms with Gasteiger partial charge >= 0.3 is 0 Å². The van der Waals surface area contributed by atoms with Crippen molar-refractivity contribution in [2.45, 2.75) is 5.60 Å². The summed E-state index contributed by atoms with van der Waals surface area (Å²) in [6, 6.07) is 9.27. The van der Waals surface area contributed by atoms with Crippen LogP contribution in [-0.4, -0.2) is 11.9 Å². The van der Waals surface area contributed by atoms with Crippen LogP contribution in [0.1, 0.15) is 5.56 Å². The van der Waals surface area contributed by atoms with Crippen LogP contribution in [0.25, 0.3) is 0 Å². The van der Waals surface area contributed by atoms with Gasteiger partial charge in [0.15, 0.2) is 5.60 Å². The van der Waals surface area contributed by atoms with Crippen molar-refractivity contribution in [3.05, 3.63) is 60.4 Å². The molecule has 2 heteroatoms. The minimum absolute atomic E-state index is 0.723. The van der Waals surface area contributed by atoms with Gasteiger partial charge in [-0.2, -0.15) is 0 Å². The molecule has 14 heavy (non-hydrogen) atoms. The molecule has 1 atom stereocenters. The summed E-state index contributed by atoms with van der Waals surface area (Å²) in [5.41, 5.74) is -0.603. The minimum atomic E-state index is -1.33. The Balaban J connectivity index is 2.35. The van der Waals surface area contributed by atoms with Gasteiger partial charge in [0.1, 0.15) is 0 Å². The standard InChI is InChI=1S/C12H11NO/c1-13-9-7-12(14,8-10-13)11-5-3-2-4-6-11/h2-7,9-10H,1H3. The van der Waals surface area contributed by atoms with Gasteiger partial charge in [-0.05, 0) is 6.08 Å². The number of hydrogen-bond acceptors (Lipinski definition) is 2. The van der Waals surface area contributed by atoms with Crippen molar-refractivity contribution in [1.29, 1.82) is 0 Å². The maximum absolute atomic E-state index is 12.2. The first-order valence-corrected chi connectivity index (χ1v) is 4.49. The van der Waals surface area contributed by atoms with E-state index < -0.39 is 5.60 Å². The summed E-state index contributed by atoms with van der Waals surface area (Å²) in [7, 11) is 1.87. The third-order valence-corrected chi connectivity index (χ3v) is 2.23. The van der Waals surface area contributed by atoms with Gasteiger partial charge in [-0.1, -0.05) is 30.3 Å². The number of rotatable bonds is 1. The predicted octanol–water partition coefficient (Wildman–Crippen LogP) is 1.02. The second-order valence-corrected chi connectivity index (χ2v) is 3.36. The van der Waals surface area contributed by atoms with Crippen LogP contribution in [0.15, 0.2) is 48.8 Å². The first-order valence-electron chi connectivity index (χ1n) is 4.49. The zero-order valence-corrected chi connectivity index (χ0v) is 7.97. The molecule has 70 valence electrons. The summed E-state index contributed by atoms with van der Waals surface area (Å²) in [5, 5.41) is 12.2. The largest absolute Gasteiger partial charge is 0.797 e. The fourth-order valence-corrected chi connectivity index (χ4v) is 1.38. The van der Waals surface area contributed by atoms with Gasteiger partial charge in [0.2, 0.25) is 12.3 Å². The van der Waals surface area contributed by atoms with Gasteiger partial charge in [-0.3, -0.25) is 0 Å². The molecule has 0 aliphatic carbocycles. The molecule has 1 aliphatic rings. The van der Waals surface area contributed by atoms with E-state index in [0.717, 1.165) is 5.56 Å². The topological polar surface area (TPSA) is 26.3 Å². The molecule has 0 fully saturated rings. The summed E-state index contributed by atoms with van der Waals surface area (Å²) in [6.45, 7) is 0. The van der Waals surface area contributed by atoms with Crippen molar-refractivity contribution >= 4 is 0 Å². The van der Waals surface area contributed by atoms with E-state index in [4.69, 9.17) is 0 Å². The molecule has 1 aromatic rings.